The summed E-state index contributed by atoms with van der Waals surface area (Å²) >= 11 is 1.91. The molecule has 0 spiro atoms. The van der Waals surface area contributed by atoms with Gasteiger partial charge < -0.3 is 10.2 Å². The average molecular weight is 293 g/mol. The first kappa shape index (κ1) is 15.6. The zero-order valence-electron chi connectivity index (χ0n) is 13.1. The first-order chi connectivity index (χ1) is 9.65. The van der Waals surface area contributed by atoms with Crippen molar-refractivity contribution in [2.24, 2.45) is 0 Å². The Morgan fingerprint density at radius 2 is 2.25 bits per heavy atom. The number of nitrogens with zero attached hydrogens (tertiary/aromatic N) is 2. The van der Waals surface area contributed by atoms with Crippen LogP contribution in [0, 0.1) is 6.92 Å². The lowest BCUT2D eigenvalue weighted by Gasteiger charge is -2.29. The van der Waals surface area contributed by atoms with Gasteiger partial charge in [0, 0.05) is 37.6 Å². The third kappa shape index (κ3) is 4.13. The summed E-state index contributed by atoms with van der Waals surface area (Å²) in [5.74, 6) is 2.28. The molecule has 1 unspecified atom stereocenters. The van der Waals surface area contributed by atoms with E-state index in [9.17, 15) is 0 Å². The molecule has 1 saturated carbocycles. The van der Waals surface area contributed by atoms with Crippen molar-refractivity contribution in [2.75, 3.05) is 24.0 Å². The van der Waals surface area contributed by atoms with E-state index in [1.165, 1.54) is 24.0 Å². The van der Waals surface area contributed by atoms with Crippen LogP contribution in [-0.4, -0.2) is 36.1 Å². The summed E-state index contributed by atoms with van der Waals surface area (Å²) in [6.07, 6.45) is 8.02. The minimum absolute atomic E-state index is 0.562. The molecule has 0 saturated heterocycles. The van der Waals surface area contributed by atoms with Gasteiger partial charge in [0.25, 0.3) is 0 Å². The highest BCUT2D eigenvalue weighted by molar-refractivity contribution is 7.98. The number of aryl methyl sites for hydroxylation is 1. The molecule has 1 N–H and O–H groups in total. The second kappa shape index (κ2) is 7.32. The first-order valence-corrected chi connectivity index (χ1v) is 8.95. The van der Waals surface area contributed by atoms with E-state index >= 15 is 0 Å². The molecule has 20 heavy (non-hydrogen) atoms. The molecule has 0 aliphatic heterocycles. The van der Waals surface area contributed by atoms with Gasteiger partial charge >= 0.3 is 0 Å². The van der Waals surface area contributed by atoms with Crippen molar-refractivity contribution in [1.82, 2.24) is 10.3 Å². The number of rotatable bonds is 8. The average Bonchev–Trinajstić information content (AvgIpc) is 3.26. The summed E-state index contributed by atoms with van der Waals surface area (Å²) in [6, 6.07) is 3.59. The fourth-order valence-electron chi connectivity index (χ4n) is 2.51. The van der Waals surface area contributed by atoms with Crippen molar-refractivity contribution < 1.29 is 0 Å². The summed E-state index contributed by atoms with van der Waals surface area (Å²) in [5.41, 5.74) is 2.58. The lowest BCUT2D eigenvalue weighted by atomic mass is 10.1. The van der Waals surface area contributed by atoms with E-state index < -0.39 is 0 Å². The van der Waals surface area contributed by atoms with E-state index in [0.29, 0.717) is 6.04 Å². The molecular formula is C16H27N3S. The second-order valence-electron chi connectivity index (χ2n) is 5.77. The number of hydrogen-bond acceptors (Lipinski definition) is 4. The monoisotopic (exact) mass is 293 g/mol. The van der Waals surface area contributed by atoms with E-state index in [1.807, 2.05) is 18.0 Å². The van der Waals surface area contributed by atoms with E-state index in [4.69, 9.17) is 4.98 Å². The Bertz CT molecular complexity index is 432. The van der Waals surface area contributed by atoms with Gasteiger partial charge in [-0.1, -0.05) is 6.92 Å². The zero-order valence-corrected chi connectivity index (χ0v) is 14.0. The summed E-state index contributed by atoms with van der Waals surface area (Å²) in [6.45, 7) is 5.37. The fraction of sp³-hybridized carbons (Fsp3) is 0.688. The third-order valence-corrected chi connectivity index (χ3v) is 4.71. The van der Waals surface area contributed by atoms with Crippen molar-refractivity contribution >= 4 is 17.6 Å². The minimum Gasteiger partial charge on any atom is -0.356 e. The molecule has 0 bridgehead atoms. The topological polar surface area (TPSA) is 28.2 Å². The molecule has 4 heteroatoms. The van der Waals surface area contributed by atoms with E-state index in [0.717, 1.165) is 30.6 Å². The largest absolute Gasteiger partial charge is 0.356 e. The predicted molar refractivity (Wildman–Crippen MR) is 89.7 cm³/mol. The Kier molecular flexibility index (Phi) is 5.73. The van der Waals surface area contributed by atoms with Crippen LogP contribution < -0.4 is 10.2 Å². The molecule has 1 aliphatic carbocycles. The van der Waals surface area contributed by atoms with Gasteiger partial charge in [0.15, 0.2) is 0 Å². The first-order valence-electron chi connectivity index (χ1n) is 7.56. The fourth-order valence-corrected chi connectivity index (χ4v) is 3.35. The number of thioether (sulfide) groups is 1. The Morgan fingerprint density at radius 3 is 2.80 bits per heavy atom. The Hall–Kier alpha value is -0.740. The molecule has 1 aliphatic rings. The maximum atomic E-state index is 4.70. The quantitative estimate of drug-likeness (QED) is 0.796. The van der Waals surface area contributed by atoms with Crippen molar-refractivity contribution in [2.45, 2.75) is 51.7 Å². The summed E-state index contributed by atoms with van der Waals surface area (Å²) in [5, 5.41) is 3.55. The SMILES string of the molecule is CCC(CSC)N(C)c1ncc(CNC2CC2)cc1C. The van der Waals surface area contributed by atoms with Crippen molar-refractivity contribution in [1.29, 1.82) is 0 Å². The van der Waals surface area contributed by atoms with Crippen molar-refractivity contribution in [3.05, 3.63) is 23.4 Å². The van der Waals surface area contributed by atoms with Crippen LogP contribution >= 0.6 is 11.8 Å². The van der Waals surface area contributed by atoms with Crippen molar-refractivity contribution in [3.63, 3.8) is 0 Å². The van der Waals surface area contributed by atoms with Crippen LogP contribution in [0.3, 0.4) is 0 Å². The van der Waals surface area contributed by atoms with Crippen LogP contribution in [0.5, 0.6) is 0 Å². The highest BCUT2D eigenvalue weighted by Gasteiger charge is 2.20. The number of nitrogens with one attached hydrogen (secondary N) is 1. The van der Waals surface area contributed by atoms with Crippen molar-refractivity contribution in [3.8, 4) is 0 Å². The van der Waals surface area contributed by atoms with Crippen LogP contribution in [0.25, 0.3) is 0 Å². The van der Waals surface area contributed by atoms with Crippen LogP contribution in [0.15, 0.2) is 12.3 Å². The normalized spacial score (nSPS) is 16.2. The number of aromatic nitrogens is 1. The maximum absolute atomic E-state index is 4.70. The molecule has 1 atom stereocenters. The summed E-state index contributed by atoms with van der Waals surface area (Å²) in [7, 11) is 2.17. The van der Waals surface area contributed by atoms with Gasteiger partial charge in [-0.05, 0) is 49.6 Å². The van der Waals surface area contributed by atoms with Gasteiger partial charge in [0.1, 0.15) is 5.82 Å². The Balaban J connectivity index is 2.02. The predicted octanol–water partition coefficient (Wildman–Crippen LogP) is 3.22. The van der Waals surface area contributed by atoms with E-state index in [2.05, 4.69) is 43.4 Å². The Morgan fingerprint density at radius 1 is 1.50 bits per heavy atom. The highest BCUT2D eigenvalue weighted by atomic mass is 32.2. The molecular weight excluding hydrogens is 266 g/mol. The smallest absolute Gasteiger partial charge is 0.131 e. The summed E-state index contributed by atoms with van der Waals surface area (Å²) in [4.78, 5) is 7.04. The van der Waals surface area contributed by atoms with Gasteiger partial charge in [-0.25, -0.2) is 4.98 Å². The van der Waals surface area contributed by atoms with Gasteiger partial charge in [-0.2, -0.15) is 11.8 Å². The van der Waals surface area contributed by atoms with Crippen LogP contribution in [-0.2, 0) is 6.54 Å². The molecule has 1 aromatic rings. The van der Waals surface area contributed by atoms with Gasteiger partial charge in [0.05, 0.1) is 0 Å². The van der Waals surface area contributed by atoms with E-state index in [1.54, 1.807) is 0 Å². The molecule has 2 rings (SSSR count). The molecule has 0 amide bonds. The van der Waals surface area contributed by atoms with Crippen LogP contribution in [0.1, 0.15) is 37.3 Å². The van der Waals surface area contributed by atoms with Gasteiger partial charge in [0.2, 0.25) is 0 Å². The maximum Gasteiger partial charge on any atom is 0.131 e. The molecule has 1 aromatic heterocycles. The van der Waals surface area contributed by atoms with Gasteiger partial charge in [-0.3, -0.25) is 0 Å². The number of hydrogen-bond donors (Lipinski definition) is 1. The molecule has 0 aromatic carbocycles. The van der Waals surface area contributed by atoms with Crippen LogP contribution in [0.2, 0.25) is 0 Å². The summed E-state index contributed by atoms with van der Waals surface area (Å²) < 4.78 is 0. The number of anilines is 1. The van der Waals surface area contributed by atoms with E-state index in [-0.39, 0.29) is 0 Å². The molecule has 1 heterocycles. The lowest BCUT2D eigenvalue weighted by molar-refractivity contribution is 0.660. The Labute approximate surface area is 127 Å². The molecule has 1 fully saturated rings. The van der Waals surface area contributed by atoms with Crippen LogP contribution in [0.4, 0.5) is 5.82 Å². The minimum atomic E-state index is 0.562. The highest BCUT2D eigenvalue weighted by Crippen LogP contribution is 2.23. The third-order valence-electron chi connectivity index (χ3n) is 3.99. The molecule has 112 valence electrons. The van der Waals surface area contributed by atoms with Gasteiger partial charge in [-0.15, -0.1) is 0 Å². The lowest BCUT2D eigenvalue weighted by Crippen LogP contribution is -2.34. The number of pyridine rings is 1. The zero-order chi connectivity index (χ0) is 14.5. The standard InChI is InChI=1S/C16H27N3S/c1-5-15(11-20-4)19(3)16-12(2)8-13(10-18-16)9-17-14-6-7-14/h8,10,14-15,17H,5-7,9,11H2,1-4H3. The second-order valence-corrected chi connectivity index (χ2v) is 6.68. The molecule has 0 radical (unpaired) electrons. The molecule has 3 nitrogen and oxygen atoms in total.